The lowest BCUT2D eigenvalue weighted by molar-refractivity contribution is 0.166. The number of benzene rings is 1. The van der Waals surface area contributed by atoms with Gasteiger partial charge in [-0.1, -0.05) is 0 Å². The minimum absolute atomic E-state index is 0.563. The third-order valence-electron chi connectivity index (χ3n) is 1.78. The molecule has 0 aliphatic rings. The van der Waals surface area contributed by atoms with Gasteiger partial charge < -0.3 is 9.47 Å². The van der Waals surface area contributed by atoms with Gasteiger partial charge in [-0.2, -0.15) is 0 Å². The predicted octanol–water partition coefficient (Wildman–Crippen LogP) is 3.04. The van der Waals surface area contributed by atoms with E-state index in [0.717, 1.165) is 18.1 Å². The van der Waals surface area contributed by atoms with Crippen molar-refractivity contribution in [2.24, 2.45) is 0 Å². The van der Waals surface area contributed by atoms with E-state index in [-0.39, 0.29) is 0 Å². The lowest BCUT2D eigenvalue weighted by Gasteiger charge is -2.03. The Morgan fingerprint density at radius 2 is 1.93 bits per heavy atom. The van der Waals surface area contributed by atoms with Crippen LogP contribution in [0.15, 0.2) is 29.2 Å². The summed E-state index contributed by atoms with van der Waals surface area (Å²) in [5.74, 6) is 2.40. The highest BCUT2D eigenvalue weighted by Gasteiger charge is 1.95. The van der Waals surface area contributed by atoms with Gasteiger partial charge in [0.25, 0.3) is 0 Å². The summed E-state index contributed by atoms with van der Waals surface area (Å²) in [7, 11) is 1.67. The third kappa shape index (κ3) is 5.30. The molecule has 0 bridgehead atoms. The van der Waals surface area contributed by atoms with Crippen LogP contribution in [0.1, 0.15) is 0 Å². The number of hydrogen-bond donors (Lipinski definition) is 0. The van der Waals surface area contributed by atoms with Gasteiger partial charge in [0.2, 0.25) is 0 Å². The minimum Gasteiger partial charge on any atom is -0.497 e. The van der Waals surface area contributed by atoms with Gasteiger partial charge in [0.1, 0.15) is 5.75 Å². The zero-order valence-electron chi connectivity index (χ0n) is 8.74. The normalized spacial score (nSPS) is 10.3. The van der Waals surface area contributed by atoms with E-state index in [4.69, 9.17) is 21.1 Å². The molecule has 1 aromatic rings. The summed E-state index contributed by atoms with van der Waals surface area (Å²) in [4.78, 5) is 1.23. The van der Waals surface area contributed by atoms with Crippen LogP contribution in [-0.2, 0) is 4.74 Å². The van der Waals surface area contributed by atoms with E-state index < -0.39 is 0 Å². The highest BCUT2D eigenvalue weighted by Crippen LogP contribution is 2.20. The van der Waals surface area contributed by atoms with Crippen LogP contribution in [0.2, 0.25) is 0 Å². The summed E-state index contributed by atoms with van der Waals surface area (Å²) >= 11 is 7.25. The summed E-state index contributed by atoms with van der Waals surface area (Å²) in [5, 5.41) is 0. The van der Waals surface area contributed by atoms with E-state index in [1.807, 2.05) is 24.3 Å². The molecule has 0 fully saturated rings. The number of alkyl halides is 1. The molecular weight excluding hydrogens is 232 g/mol. The Morgan fingerprint density at radius 3 is 2.53 bits per heavy atom. The van der Waals surface area contributed by atoms with Gasteiger partial charge in [-0.25, -0.2) is 0 Å². The van der Waals surface area contributed by atoms with E-state index in [9.17, 15) is 0 Å². The Hall–Kier alpha value is -0.380. The number of hydrogen-bond acceptors (Lipinski definition) is 3. The number of thioether (sulfide) groups is 1. The first-order chi connectivity index (χ1) is 7.36. The van der Waals surface area contributed by atoms with Crippen LogP contribution in [0.5, 0.6) is 5.75 Å². The first kappa shape index (κ1) is 12.7. The van der Waals surface area contributed by atoms with Crippen molar-refractivity contribution in [1.29, 1.82) is 0 Å². The fourth-order valence-corrected chi connectivity index (χ4v) is 1.92. The van der Waals surface area contributed by atoms with Gasteiger partial charge in [0, 0.05) is 16.5 Å². The Bertz CT molecular complexity index is 264. The summed E-state index contributed by atoms with van der Waals surface area (Å²) < 4.78 is 10.4. The average Bonchev–Trinajstić information content (AvgIpc) is 2.30. The summed E-state index contributed by atoms with van der Waals surface area (Å²) in [6.45, 7) is 1.37. The van der Waals surface area contributed by atoms with Crippen molar-refractivity contribution in [2.45, 2.75) is 4.90 Å². The minimum atomic E-state index is 0.563. The van der Waals surface area contributed by atoms with E-state index in [1.54, 1.807) is 18.9 Å². The van der Waals surface area contributed by atoms with Gasteiger partial charge in [-0.3, -0.25) is 0 Å². The molecule has 0 radical (unpaired) electrons. The Labute approximate surface area is 99.9 Å². The predicted molar refractivity (Wildman–Crippen MR) is 65.3 cm³/mol. The van der Waals surface area contributed by atoms with E-state index in [1.165, 1.54) is 4.90 Å². The van der Waals surface area contributed by atoms with Crippen LogP contribution in [0, 0.1) is 0 Å². The van der Waals surface area contributed by atoms with E-state index in [2.05, 4.69) is 0 Å². The molecule has 2 nitrogen and oxygen atoms in total. The van der Waals surface area contributed by atoms with Crippen LogP contribution in [0.25, 0.3) is 0 Å². The van der Waals surface area contributed by atoms with Crippen molar-refractivity contribution >= 4 is 23.4 Å². The highest BCUT2D eigenvalue weighted by atomic mass is 35.5. The molecule has 15 heavy (non-hydrogen) atoms. The van der Waals surface area contributed by atoms with Crippen LogP contribution >= 0.6 is 23.4 Å². The van der Waals surface area contributed by atoms with Crippen molar-refractivity contribution in [3.63, 3.8) is 0 Å². The second-order valence-corrected chi connectivity index (χ2v) is 4.37. The first-order valence-electron chi connectivity index (χ1n) is 4.77. The second kappa shape index (κ2) is 7.85. The second-order valence-electron chi connectivity index (χ2n) is 2.83. The molecule has 4 heteroatoms. The quantitative estimate of drug-likeness (QED) is 0.419. The largest absolute Gasteiger partial charge is 0.497 e. The van der Waals surface area contributed by atoms with Crippen LogP contribution in [0.4, 0.5) is 0 Å². The van der Waals surface area contributed by atoms with Crippen molar-refractivity contribution < 1.29 is 9.47 Å². The van der Waals surface area contributed by atoms with Crippen molar-refractivity contribution in [3.8, 4) is 5.75 Å². The summed E-state index contributed by atoms with van der Waals surface area (Å²) in [6.07, 6.45) is 0. The smallest absolute Gasteiger partial charge is 0.118 e. The van der Waals surface area contributed by atoms with Gasteiger partial charge in [0.15, 0.2) is 0 Å². The monoisotopic (exact) mass is 246 g/mol. The van der Waals surface area contributed by atoms with Crippen LogP contribution < -0.4 is 4.74 Å². The van der Waals surface area contributed by atoms with E-state index in [0.29, 0.717) is 12.5 Å². The first-order valence-corrected chi connectivity index (χ1v) is 6.29. The van der Waals surface area contributed by atoms with Crippen molar-refractivity contribution in [3.05, 3.63) is 24.3 Å². The molecule has 84 valence electrons. The molecule has 1 aromatic carbocycles. The zero-order valence-corrected chi connectivity index (χ0v) is 10.3. The molecule has 0 atom stereocenters. The Balaban J connectivity index is 2.20. The molecule has 0 saturated carbocycles. The lowest BCUT2D eigenvalue weighted by atomic mass is 10.3. The Morgan fingerprint density at radius 1 is 1.20 bits per heavy atom. The van der Waals surface area contributed by atoms with Crippen LogP contribution in [-0.4, -0.2) is 32.0 Å². The molecular formula is C11H15ClO2S. The molecule has 0 aliphatic heterocycles. The number of methoxy groups -OCH3 is 1. The molecule has 0 spiro atoms. The fourth-order valence-electron chi connectivity index (χ4n) is 1.05. The van der Waals surface area contributed by atoms with Gasteiger partial charge in [-0.05, 0) is 24.3 Å². The average molecular weight is 247 g/mol. The maximum absolute atomic E-state index is 5.49. The van der Waals surface area contributed by atoms with Gasteiger partial charge in [-0.15, -0.1) is 23.4 Å². The van der Waals surface area contributed by atoms with Gasteiger partial charge in [0.05, 0.1) is 20.3 Å². The maximum Gasteiger partial charge on any atom is 0.118 e. The summed E-state index contributed by atoms with van der Waals surface area (Å²) in [6, 6.07) is 8.01. The van der Waals surface area contributed by atoms with Crippen molar-refractivity contribution in [2.75, 3.05) is 32.0 Å². The zero-order chi connectivity index (χ0) is 10.9. The summed E-state index contributed by atoms with van der Waals surface area (Å²) in [5.41, 5.74) is 0. The number of ether oxygens (including phenoxy) is 2. The molecule has 0 saturated heterocycles. The lowest BCUT2D eigenvalue weighted by Crippen LogP contribution is -1.99. The molecule has 0 N–H and O–H groups in total. The van der Waals surface area contributed by atoms with Crippen molar-refractivity contribution in [1.82, 2.24) is 0 Å². The topological polar surface area (TPSA) is 18.5 Å². The molecule has 0 heterocycles. The highest BCUT2D eigenvalue weighted by molar-refractivity contribution is 7.99. The van der Waals surface area contributed by atoms with E-state index >= 15 is 0 Å². The molecule has 0 unspecified atom stereocenters. The SMILES string of the molecule is COc1ccc(SCCOCCCl)cc1. The molecule has 0 aliphatic carbocycles. The van der Waals surface area contributed by atoms with Crippen LogP contribution in [0.3, 0.4) is 0 Å². The fraction of sp³-hybridized carbons (Fsp3) is 0.455. The van der Waals surface area contributed by atoms with Gasteiger partial charge >= 0.3 is 0 Å². The Kier molecular flexibility index (Phi) is 6.64. The molecule has 0 aromatic heterocycles. The maximum atomic E-state index is 5.49. The molecule has 1 rings (SSSR count). The standard InChI is InChI=1S/C11H15ClO2S/c1-13-10-2-4-11(5-3-10)15-9-8-14-7-6-12/h2-5H,6-9H2,1H3. The number of halogens is 1. The third-order valence-corrected chi connectivity index (χ3v) is 2.91. The molecule has 0 amide bonds. The number of rotatable bonds is 7.